The van der Waals surface area contributed by atoms with Crippen LogP contribution >= 0.6 is 24.0 Å². The van der Waals surface area contributed by atoms with Crippen molar-refractivity contribution in [1.82, 2.24) is 10.2 Å². The van der Waals surface area contributed by atoms with Gasteiger partial charge in [-0.25, -0.2) is 0 Å². The van der Waals surface area contributed by atoms with Crippen LogP contribution in [0, 0.1) is 5.92 Å². The molecule has 1 aromatic rings. The highest BCUT2D eigenvalue weighted by atomic mass is 35.5. The van der Waals surface area contributed by atoms with Gasteiger partial charge in [0.05, 0.1) is 10.6 Å². The van der Waals surface area contributed by atoms with Gasteiger partial charge in [-0.05, 0) is 30.4 Å². The first-order valence-corrected chi connectivity index (χ1v) is 8.16. The zero-order chi connectivity index (χ0) is 15.7. The highest BCUT2D eigenvalue weighted by Gasteiger charge is 2.39. The second-order valence-electron chi connectivity index (χ2n) is 6.13. The Morgan fingerprint density at radius 3 is 2.35 bits per heavy atom. The molecular weight excluding hydrogens is 348 g/mol. The number of hydrogen-bond donors (Lipinski definition) is 1. The summed E-state index contributed by atoms with van der Waals surface area (Å²) >= 11 is 6.17. The summed E-state index contributed by atoms with van der Waals surface area (Å²) in [6.07, 6.45) is -1.10. The molecule has 0 amide bonds. The van der Waals surface area contributed by atoms with Crippen LogP contribution in [-0.4, -0.2) is 31.1 Å². The molecule has 7 heteroatoms. The van der Waals surface area contributed by atoms with Gasteiger partial charge >= 0.3 is 6.18 Å². The summed E-state index contributed by atoms with van der Waals surface area (Å²) < 4.78 is 39.4. The lowest BCUT2D eigenvalue weighted by molar-refractivity contribution is -0.137. The zero-order valence-electron chi connectivity index (χ0n) is 12.7. The minimum absolute atomic E-state index is 0. The van der Waals surface area contributed by atoms with Crippen molar-refractivity contribution in [3.63, 3.8) is 0 Å². The molecule has 0 bridgehead atoms. The molecule has 23 heavy (non-hydrogen) atoms. The van der Waals surface area contributed by atoms with Gasteiger partial charge in [0.1, 0.15) is 0 Å². The van der Waals surface area contributed by atoms with Crippen molar-refractivity contribution in [2.24, 2.45) is 5.92 Å². The molecule has 0 spiro atoms. The van der Waals surface area contributed by atoms with Crippen LogP contribution in [0.3, 0.4) is 0 Å². The largest absolute Gasteiger partial charge is 0.417 e. The molecule has 1 aliphatic heterocycles. The van der Waals surface area contributed by atoms with Crippen molar-refractivity contribution in [3.05, 3.63) is 34.3 Å². The van der Waals surface area contributed by atoms with E-state index in [0.29, 0.717) is 11.5 Å². The Morgan fingerprint density at radius 2 is 1.83 bits per heavy atom. The first-order valence-electron chi connectivity index (χ1n) is 7.79. The van der Waals surface area contributed by atoms with Crippen LogP contribution in [0.2, 0.25) is 5.02 Å². The van der Waals surface area contributed by atoms with Gasteiger partial charge in [0.25, 0.3) is 0 Å². The maximum Gasteiger partial charge on any atom is 0.417 e. The number of nitrogens with zero attached hydrogens (tertiary/aromatic N) is 1. The fraction of sp³-hybridized carbons (Fsp3) is 0.625. The van der Waals surface area contributed by atoms with Crippen LogP contribution in [0.25, 0.3) is 0 Å². The summed E-state index contributed by atoms with van der Waals surface area (Å²) in [6, 6.07) is 4.33. The van der Waals surface area contributed by atoms with E-state index < -0.39 is 11.7 Å². The van der Waals surface area contributed by atoms with Gasteiger partial charge in [-0.15, -0.1) is 12.4 Å². The minimum atomic E-state index is -4.40. The Balaban J connectivity index is 0.00000192. The van der Waals surface area contributed by atoms with E-state index in [0.717, 1.165) is 51.5 Å². The third-order valence-electron chi connectivity index (χ3n) is 4.79. The van der Waals surface area contributed by atoms with Crippen molar-refractivity contribution in [2.45, 2.75) is 31.5 Å². The number of hydrogen-bond acceptors (Lipinski definition) is 2. The summed E-state index contributed by atoms with van der Waals surface area (Å²) in [5, 5.41) is 3.17. The predicted octanol–water partition coefficient (Wildman–Crippen LogP) is 4.53. The summed E-state index contributed by atoms with van der Waals surface area (Å²) in [6.45, 7) is 3.46. The number of alkyl halides is 3. The van der Waals surface area contributed by atoms with Crippen molar-refractivity contribution in [1.29, 1.82) is 0 Å². The van der Waals surface area contributed by atoms with Gasteiger partial charge in [0.15, 0.2) is 0 Å². The molecule has 1 saturated carbocycles. The van der Waals surface area contributed by atoms with Gasteiger partial charge in [0, 0.05) is 32.2 Å². The molecular formula is C16H21Cl2F3N2. The topological polar surface area (TPSA) is 15.3 Å². The molecule has 1 aliphatic carbocycles. The van der Waals surface area contributed by atoms with E-state index in [4.69, 9.17) is 11.6 Å². The van der Waals surface area contributed by atoms with E-state index in [-0.39, 0.29) is 23.5 Å². The van der Waals surface area contributed by atoms with Gasteiger partial charge in [0.2, 0.25) is 0 Å². The van der Waals surface area contributed by atoms with Crippen LogP contribution in [0.1, 0.15) is 36.4 Å². The Bertz CT molecular complexity index is 527. The minimum Gasteiger partial charge on any atom is -0.314 e. The third-order valence-corrected chi connectivity index (χ3v) is 5.22. The lowest BCUT2D eigenvalue weighted by Crippen LogP contribution is -2.48. The first-order chi connectivity index (χ1) is 10.5. The molecule has 1 atom stereocenters. The van der Waals surface area contributed by atoms with E-state index in [9.17, 15) is 13.2 Å². The maximum atomic E-state index is 13.1. The smallest absolute Gasteiger partial charge is 0.314 e. The van der Waals surface area contributed by atoms with Crippen LogP contribution in [0.15, 0.2) is 18.2 Å². The second kappa shape index (κ2) is 7.60. The lowest BCUT2D eigenvalue weighted by atomic mass is 9.76. The van der Waals surface area contributed by atoms with Gasteiger partial charge in [-0.2, -0.15) is 13.2 Å². The van der Waals surface area contributed by atoms with Crippen LogP contribution in [0.5, 0.6) is 0 Å². The van der Waals surface area contributed by atoms with E-state index in [1.54, 1.807) is 6.07 Å². The predicted molar refractivity (Wildman–Crippen MR) is 88.2 cm³/mol. The Morgan fingerprint density at radius 1 is 1.17 bits per heavy atom. The van der Waals surface area contributed by atoms with Crippen molar-refractivity contribution in [3.8, 4) is 0 Å². The molecule has 1 saturated heterocycles. The molecule has 1 aromatic carbocycles. The van der Waals surface area contributed by atoms with Crippen LogP contribution in [0.4, 0.5) is 13.2 Å². The van der Waals surface area contributed by atoms with Crippen LogP contribution < -0.4 is 5.32 Å². The maximum absolute atomic E-state index is 13.1. The van der Waals surface area contributed by atoms with Crippen molar-refractivity contribution >= 4 is 24.0 Å². The van der Waals surface area contributed by atoms with Gasteiger partial charge in [-0.1, -0.05) is 30.2 Å². The standard InChI is InChI=1S/C16H20ClF3N2.ClH/c17-14-12(5-2-6-13(14)16(18,19)20)15(11-3-1-4-11)22-9-7-21-8-10-22;/h2,5-6,11,15,21H,1,3-4,7-10H2;1H/t15-;/m0./s1. The van der Waals surface area contributed by atoms with Gasteiger partial charge in [-0.3, -0.25) is 4.90 Å². The summed E-state index contributed by atoms with van der Waals surface area (Å²) in [5.74, 6) is 0.416. The van der Waals surface area contributed by atoms with E-state index in [2.05, 4.69) is 10.2 Å². The molecule has 2 nitrogen and oxygen atoms in total. The molecule has 130 valence electrons. The number of halogens is 5. The quantitative estimate of drug-likeness (QED) is 0.843. The number of piperazine rings is 1. The van der Waals surface area contributed by atoms with E-state index in [1.165, 1.54) is 6.07 Å². The van der Waals surface area contributed by atoms with E-state index >= 15 is 0 Å². The Hall–Kier alpha value is -0.490. The monoisotopic (exact) mass is 368 g/mol. The number of nitrogens with one attached hydrogen (secondary N) is 1. The molecule has 0 unspecified atom stereocenters. The molecule has 1 heterocycles. The first kappa shape index (κ1) is 18.8. The molecule has 2 fully saturated rings. The fourth-order valence-corrected chi connectivity index (χ4v) is 3.81. The summed E-state index contributed by atoms with van der Waals surface area (Å²) in [5.41, 5.74) is -0.0748. The normalized spacial score (nSPS) is 21.4. The third kappa shape index (κ3) is 3.95. The molecule has 2 aliphatic rings. The Labute approximate surface area is 145 Å². The molecule has 1 N–H and O–H groups in total. The zero-order valence-corrected chi connectivity index (χ0v) is 14.3. The highest BCUT2D eigenvalue weighted by Crippen LogP contribution is 2.46. The SMILES string of the molecule is Cl.FC(F)(F)c1cccc([C@H](C2CCC2)N2CCNCC2)c1Cl. The van der Waals surface area contributed by atoms with E-state index in [1.807, 2.05) is 0 Å². The molecule has 0 radical (unpaired) electrons. The number of benzene rings is 1. The summed E-state index contributed by atoms with van der Waals surface area (Å²) in [7, 11) is 0. The van der Waals surface area contributed by atoms with Crippen molar-refractivity contribution in [2.75, 3.05) is 26.2 Å². The van der Waals surface area contributed by atoms with Crippen molar-refractivity contribution < 1.29 is 13.2 Å². The van der Waals surface area contributed by atoms with Gasteiger partial charge < -0.3 is 5.32 Å². The average Bonchev–Trinajstić information content (AvgIpc) is 2.43. The number of rotatable bonds is 3. The second-order valence-corrected chi connectivity index (χ2v) is 6.51. The average molecular weight is 369 g/mol. The fourth-order valence-electron chi connectivity index (χ4n) is 3.46. The van der Waals surface area contributed by atoms with Crippen LogP contribution in [-0.2, 0) is 6.18 Å². The molecule has 3 rings (SSSR count). The lowest BCUT2D eigenvalue weighted by Gasteiger charge is -2.43. The molecule has 0 aromatic heterocycles. The summed E-state index contributed by atoms with van der Waals surface area (Å²) in [4.78, 5) is 2.29. The highest BCUT2D eigenvalue weighted by molar-refractivity contribution is 6.32. The Kier molecular flexibility index (Phi) is 6.22.